The molecule has 2 unspecified atom stereocenters. The number of carbonyl (C=O) groups excluding carboxylic acids is 1. The Hall–Kier alpha value is -1.75. The first-order chi connectivity index (χ1) is 10.2. The van der Waals surface area contributed by atoms with E-state index in [1.807, 2.05) is 24.3 Å². The third kappa shape index (κ3) is 4.93. The van der Waals surface area contributed by atoms with Crippen molar-refractivity contribution in [3.8, 4) is 5.75 Å². The first-order valence-electron chi connectivity index (χ1n) is 7.67. The van der Waals surface area contributed by atoms with Gasteiger partial charge in [0.25, 0.3) is 0 Å². The summed E-state index contributed by atoms with van der Waals surface area (Å²) in [6, 6.07) is 8.28. The highest BCUT2D eigenvalue weighted by Gasteiger charge is 2.23. The van der Waals surface area contributed by atoms with Crippen LogP contribution in [0.2, 0.25) is 0 Å². The molecule has 0 spiro atoms. The van der Waals surface area contributed by atoms with Crippen LogP contribution in [-0.2, 0) is 4.79 Å². The minimum atomic E-state index is -0.349. The van der Waals surface area contributed by atoms with Crippen molar-refractivity contribution in [3.05, 3.63) is 24.3 Å². The van der Waals surface area contributed by atoms with E-state index >= 15 is 0 Å². The molecule has 1 amide bonds. The maximum atomic E-state index is 10.6. The first kappa shape index (κ1) is 15.6. The molecule has 5 nitrogen and oxygen atoms in total. The van der Waals surface area contributed by atoms with Gasteiger partial charge in [-0.15, -0.1) is 0 Å². The molecule has 2 atom stereocenters. The van der Waals surface area contributed by atoms with E-state index in [1.165, 1.54) is 25.7 Å². The van der Waals surface area contributed by atoms with Gasteiger partial charge in [-0.1, -0.05) is 12.8 Å². The van der Waals surface area contributed by atoms with Crippen LogP contribution in [-0.4, -0.2) is 25.1 Å². The molecular weight excluding hydrogens is 266 g/mol. The van der Waals surface area contributed by atoms with Gasteiger partial charge < -0.3 is 21.5 Å². The second-order valence-corrected chi connectivity index (χ2v) is 5.62. The number of amides is 1. The van der Waals surface area contributed by atoms with Gasteiger partial charge in [-0.25, -0.2) is 0 Å². The van der Waals surface area contributed by atoms with Crippen molar-refractivity contribution >= 4 is 11.6 Å². The molecule has 0 bridgehead atoms. The number of ether oxygens (including phenoxy) is 1. The summed E-state index contributed by atoms with van der Waals surface area (Å²) < 4.78 is 5.46. The molecule has 0 heterocycles. The molecule has 1 saturated carbocycles. The largest absolute Gasteiger partial charge is 0.493 e. The number of hydrogen-bond acceptors (Lipinski definition) is 4. The summed E-state index contributed by atoms with van der Waals surface area (Å²) >= 11 is 0. The SMILES string of the molecule is NCC1CCCCC1Nc1ccc(OCCC(N)=O)cc1. The summed E-state index contributed by atoms with van der Waals surface area (Å²) in [5, 5.41) is 3.57. The van der Waals surface area contributed by atoms with Crippen LogP contribution in [0.15, 0.2) is 24.3 Å². The number of primary amides is 1. The smallest absolute Gasteiger partial charge is 0.220 e. The molecule has 1 fully saturated rings. The average Bonchev–Trinajstić information content (AvgIpc) is 2.49. The molecule has 1 aliphatic rings. The van der Waals surface area contributed by atoms with E-state index in [-0.39, 0.29) is 12.3 Å². The highest BCUT2D eigenvalue weighted by atomic mass is 16.5. The van der Waals surface area contributed by atoms with Crippen molar-refractivity contribution in [2.24, 2.45) is 17.4 Å². The number of hydrogen-bond donors (Lipinski definition) is 3. The monoisotopic (exact) mass is 291 g/mol. The van der Waals surface area contributed by atoms with Crippen LogP contribution in [0, 0.1) is 5.92 Å². The Kier molecular flexibility index (Phi) is 5.87. The molecule has 5 heteroatoms. The normalized spacial score (nSPS) is 21.8. The number of carbonyl (C=O) groups is 1. The van der Waals surface area contributed by atoms with Gasteiger partial charge >= 0.3 is 0 Å². The third-order valence-corrected chi connectivity index (χ3v) is 4.04. The Morgan fingerprint density at radius 3 is 2.62 bits per heavy atom. The van der Waals surface area contributed by atoms with E-state index in [4.69, 9.17) is 16.2 Å². The minimum absolute atomic E-state index is 0.236. The predicted octanol–water partition coefficient (Wildman–Crippen LogP) is 1.87. The fraction of sp³-hybridized carbons (Fsp3) is 0.562. The van der Waals surface area contributed by atoms with Gasteiger partial charge in [0.15, 0.2) is 0 Å². The lowest BCUT2D eigenvalue weighted by Gasteiger charge is -2.32. The van der Waals surface area contributed by atoms with E-state index in [2.05, 4.69) is 5.32 Å². The fourth-order valence-corrected chi connectivity index (χ4v) is 2.81. The maximum absolute atomic E-state index is 10.6. The zero-order valence-electron chi connectivity index (χ0n) is 12.4. The average molecular weight is 291 g/mol. The molecule has 1 aliphatic carbocycles. The highest BCUT2D eigenvalue weighted by molar-refractivity contribution is 5.73. The Morgan fingerprint density at radius 2 is 1.95 bits per heavy atom. The van der Waals surface area contributed by atoms with Gasteiger partial charge in [-0.05, 0) is 49.6 Å². The van der Waals surface area contributed by atoms with Crippen molar-refractivity contribution in [2.45, 2.75) is 38.1 Å². The lowest BCUT2D eigenvalue weighted by atomic mass is 9.84. The standard InChI is InChI=1S/C16H25N3O2/c17-11-12-3-1-2-4-15(12)19-13-5-7-14(8-6-13)21-10-9-16(18)20/h5-8,12,15,19H,1-4,9-11,17H2,(H2,18,20). The quantitative estimate of drug-likeness (QED) is 0.715. The van der Waals surface area contributed by atoms with Crippen molar-refractivity contribution in [1.82, 2.24) is 0 Å². The predicted molar refractivity (Wildman–Crippen MR) is 84.2 cm³/mol. The van der Waals surface area contributed by atoms with Gasteiger partial charge in [0.05, 0.1) is 13.0 Å². The van der Waals surface area contributed by atoms with E-state index in [0.29, 0.717) is 18.6 Å². The molecule has 116 valence electrons. The molecule has 1 aromatic rings. The third-order valence-electron chi connectivity index (χ3n) is 4.04. The summed E-state index contributed by atoms with van der Waals surface area (Å²) in [6.07, 6.45) is 5.18. The first-order valence-corrected chi connectivity index (χ1v) is 7.67. The summed E-state index contributed by atoms with van der Waals surface area (Å²) in [4.78, 5) is 10.6. The van der Waals surface area contributed by atoms with Crippen molar-refractivity contribution < 1.29 is 9.53 Å². The van der Waals surface area contributed by atoms with Crippen LogP contribution in [0.4, 0.5) is 5.69 Å². The van der Waals surface area contributed by atoms with Crippen molar-refractivity contribution in [2.75, 3.05) is 18.5 Å². The summed E-state index contributed by atoms with van der Waals surface area (Å²) in [6.45, 7) is 1.06. The Morgan fingerprint density at radius 1 is 1.24 bits per heavy atom. The second kappa shape index (κ2) is 7.88. The lowest BCUT2D eigenvalue weighted by molar-refractivity contribution is -0.118. The van der Waals surface area contributed by atoms with E-state index in [9.17, 15) is 4.79 Å². The number of anilines is 1. The van der Waals surface area contributed by atoms with Crippen LogP contribution in [0.25, 0.3) is 0 Å². The topological polar surface area (TPSA) is 90.4 Å². The number of nitrogens with two attached hydrogens (primary N) is 2. The van der Waals surface area contributed by atoms with E-state index in [0.717, 1.165) is 18.0 Å². The van der Waals surface area contributed by atoms with E-state index < -0.39 is 0 Å². The molecule has 1 aromatic carbocycles. The number of benzene rings is 1. The Labute approximate surface area is 126 Å². The molecule has 5 N–H and O–H groups in total. The van der Waals surface area contributed by atoms with Gasteiger partial charge in [0.1, 0.15) is 5.75 Å². The maximum Gasteiger partial charge on any atom is 0.220 e. The molecule has 2 rings (SSSR count). The summed E-state index contributed by atoms with van der Waals surface area (Å²) in [5.41, 5.74) is 12.0. The zero-order chi connectivity index (χ0) is 15.1. The Bertz CT molecular complexity index is 447. The van der Waals surface area contributed by atoms with Crippen LogP contribution >= 0.6 is 0 Å². The number of nitrogens with one attached hydrogen (secondary N) is 1. The van der Waals surface area contributed by atoms with Gasteiger partial charge in [-0.2, -0.15) is 0 Å². The van der Waals surface area contributed by atoms with Crippen molar-refractivity contribution in [1.29, 1.82) is 0 Å². The van der Waals surface area contributed by atoms with Gasteiger partial charge in [-0.3, -0.25) is 4.79 Å². The summed E-state index contributed by atoms with van der Waals surface area (Å²) in [5.74, 6) is 0.962. The molecular formula is C16H25N3O2. The molecule has 0 aromatic heterocycles. The lowest BCUT2D eigenvalue weighted by Crippen LogP contribution is -2.36. The van der Waals surface area contributed by atoms with Crippen LogP contribution in [0.1, 0.15) is 32.1 Å². The minimum Gasteiger partial charge on any atom is -0.493 e. The molecule has 0 radical (unpaired) electrons. The fourth-order valence-electron chi connectivity index (χ4n) is 2.81. The highest BCUT2D eigenvalue weighted by Crippen LogP contribution is 2.27. The van der Waals surface area contributed by atoms with Crippen LogP contribution in [0.5, 0.6) is 5.75 Å². The zero-order valence-corrected chi connectivity index (χ0v) is 12.4. The molecule has 21 heavy (non-hydrogen) atoms. The number of rotatable bonds is 7. The van der Waals surface area contributed by atoms with Crippen LogP contribution < -0.4 is 21.5 Å². The Balaban J connectivity index is 1.85. The van der Waals surface area contributed by atoms with Crippen LogP contribution in [0.3, 0.4) is 0 Å². The van der Waals surface area contributed by atoms with E-state index in [1.54, 1.807) is 0 Å². The van der Waals surface area contributed by atoms with Gasteiger partial charge in [0, 0.05) is 11.7 Å². The molecule has 0 aliphatic heterocycles. The van der Waals surface area contributed by atoms with Crippen molar-refractivity contribution in [3.63, 3.8) is 0 Å². The molecule has 0 saturated heterocycles. The van der Waals surface area contributed by atoms with Gasteiger partial charge in [0.2, 0.25) is 5.91 Å². The second-order valence-electron chi connectivity index (χ2n) is 5.62. The summed E-state index contributed by atoms with van der Waals surface area (Å²) in [7, 11) is 0.